The minimum Gasteiger partial charge on any atom is -0.469 e. The maximum absolute atomic E-state index is 12.1. The Morgan fingerprint density at radius 1 is 1.33 bits per heavy atom. The first-order valence-corrected chi connectivity index (χ1v) is 10.1. The molecule has 0 aliphatic heterocycles. The van der Waals surface area contributed by atoms with E-state index >= 15 is 0 Å². The van der Waals surface area contributed by atoms with Crippen LogP contribution in [-0.4, -0.2) is 30.1 Å². The Balaban J connectivity index is 2.51. The largest absolute Gasteiger partial charge is 0.469 e. The number of unbranched alkanes of at least 4 members (excludes halogenated alkanes) is 2. The van der Waals surface area contributed by atoms with Crippen molar-refractivity contribution < 1.29 is 19.4 Å². The van der Waals surface area contributed by atoms with E-state index in [2.05, 4.69) is 25.5 Å². The predicted molar refractivity (Wildman–Crippen MR) is 109 cm³/mol. The van der Waals surface area contributed by atoms with Gasteiger partial charge in [-0.25, -0.2) is 0 Å². The molecule has 0 aromatic carbocycles. The van der Waals surface area contributed by atoms with Crippen LogP contribution >= 0.6 is 0 Å². The van der Waals surface area contributed by atoms with E-state index in [1.807, 2.05) is 30.4 Å². The Hall–Kier alpha value is -1.68. The number of esters is 1. The Morgan fingerprint density at radius 3 is 2.74 bits per heavy atom. The molecule has 1 rings (SSSR count). The van der Waals surface area contributed by atoms with E-state index in [1.165, 1.54) is 7.11 Å². The molecule has 0 bridgehead atoms. The normalized spacial score (nSPS) is 21.4. The summed E-state index contributed by atoms with van der Waals surface area (Å²) in [5.41, 5.74) is -0.159. The van der Waals surface area contributed by atoms with Gasteiger partial charge in [0.05, 0.1) is 13.2 Å². The van der Waals surface area contributed by atoms with E-state index < -0.39 is 6.10 Å². The van der Waals surface area contributed by atoms with Crippen molar-refractivity contribution in [2.24, 2.45) is 17.3 Å². The summed E-state index contributed by atoms with van der Waals surface area (Å²) >= 11 is 0. The van der Waals surface area contributed by atoms with Crippen molar-refractivity contribution in [3.63, 3.8) is 0 Å². The van der Waals surface area contributed by atoms with Gasteiger partial charge in [-0.2, -0.15) is 0 Å². The first-order valence-electron chi connectivity index (χ1n) is 10.1. The number of hydrogen-bond acceptors (Lipinski definition) is 4. The average Bonchev–Trinajstić information content (AvgIpc) is 3.00. The van der Waals surface area contributed by atoms with Crippen LogP contribution in [0, 0.1) is 17.3 Å². The molecule has 27 heavy (non-hydrogen) atoms. The van der Waals surface area contributed by atoms with Crippen LogP contribution in [0.4, 0.5) is 0 Å². The van der Waals surface area contributed by atoms with E-state index in [0.29, 0.717) is 12.8 Å². The van der Waals surface area contributed by atoms with Crippen molar-refractivity contribution in [2.75, 3.05) is 7.11 Å². The van der Waals surface area contributed by atoms with Crippen molar-refractivity contribution in [1.82, 2.24) is 0 Å². The lowest BCUT2D eigenvalue weighted by atomic mass is 9.80. The highest BCUT2D eigenvalue weighted by molar-refractivity contribution is 5.95. The molecule has 0 radical (unpaired) electrons. The molecule has 0 heterocycles. The lowest BCUT2D eigenvalue weighted by Gasteiger charge is -2.28. The molecule has 4 nitrogen and oxygen atoms in total. The summed E-state index contributed by atoms with van der Waals surface area (Å²) in [6.07, 6.45) is 16.8. The van der Waals surface area contributed by atoms with Crippen molar-refractivity contribution in [1.29, 1.82) is 0 Å². The molecule has 0 saturated carbocycles. The summed E-state index contributed by atoms with van der Waals surface area (Å²) in [6.45, 7) is 6.32. The molecule has 0 unspecified atom stereocenters. The van der Waals surface area contributed by atoms with Crippen molar-refractivity contribution in [2.45, 2.75) is 71.8 Å². The number of ether oxygens (including phenoxy) is 1. The zero-order valence-corrected chi connectivity index (χ0v) is 17.3. The van der Waals surface area contributed by atoms with Crippen LogP contribution in [0.5, 0.6) is 0 Å². The summed E-state index contributed by atoms with van der Waals surface area (Å²) in [4.78, 5) is 23.2. The monoisotopic (exact) mass is 376 g/mol. The highest BCUT2D eigenvalue weighted by atomic mass is 16.5. The zero-order valence-electron chi connectivity index (χ0n) is 17.3. The second-order valence-corrected chi connectivity index (χ2v) is 8.04. The van der Waals surface area contributed by atoms with Crippen molar-refractivity contribution in [3.8, 4) is 0 Å². The third-order valence-corrected chi connectivity index (χ3v) is 5.34. The van der Waals surface area contributed by atoms with Crippen LogP contribution in [0.15, 0.2) is 36.5 Å². The molecule has 0 aromatic rings. The molecule has 1 aliphatic carbocycles. The van der Waals surface area contributed by atoms with Gasteiger partial charge in [-0.3, -0.25) is 9.59 Å². The molecule has 0 saturated heterocycles. The summed E-state index contributed by atoms with van der Waals surface area (Å²) < 4.78 is 4.61. The zero-order chi connectivity index (χ0) is 20.3. The number of rotatable bonds is 12. The molecule has 4 heteroatoms. The summed E-state index contributed by atoms with van der Waals surface area (Å²) in [5.74, 6) is -0.106. The molecule has 3 atom stereocenters. The maximum atomic E-state index is 12.1. The van der Waals surface area contributed by atoms with Gasteiger partial charge in [0.2, 0.25) is 0 Å². The Kier molecular flexibility index (Phi) is 10.3. The fourth-order valence-corrected chi connectivity index (χ4v) is 3.23. The quantitative estimate of drug-likeness (QED) is 0.302. The van der Waals surface area contributed by atoms with Gasteiger partial charge in [-0.1, -0.05) is 64.0 Å². The predicted octanol–water partition coefficient (Wildman–Crippen LogP) is 4.78. The number of allylic oxidation sites excluding steroid dienone is 5. The highest BCUT2D eigenvalue weighted by Crippen LogP contribution is 2.31. The molecule has 0 fully saturated rings. The first kappa shape index (κ1) is 23.4. The Labute approximate surface area is 164 Å². The average molecular weight is 377 g/mol. The molecular weight excluding hydrogens is 340 g/mol. The Bertz CT molecular complexity index is 557. The summed E-state index contributed by atoms with van der Waals surface area (Å²) in [5, 5.41) is 10.5. The van der Waals surface area contributed by atoms with Gasteiger partial charge in [0, 0.05) is 18.3 Å². The number of carbonyl (C=O) groups excluding carboxylic acids is 2. The lowest BCUT2D eigenvalue weighted by Crippen LogP contribution is -2.27. The molecule has 0 aromatic heterocycles. The summed E-state index contributed by atoms with van der Waals surface area (Å²) in [6, 6.07) is 0. The van der Waals surface area contributed by atoms with E-state index in [4.69, 9.17) is 0 Å². The molecule has 1 N–H and O–H groups in total. The van der Waals surface area contributed by atoms with Gasteiger partial charge in [-0.15, -0.1) is 0 Å². The number of aliphatic hydroxyl groups is 1. The number of aliphatic hydroxyl groups excluding tert-OH is 1. The second kappa shape index (κ2) is 11.9. The van der Waals surface area contributed by atoms with Gasteiger partial charge in [0.15, 0.2) is 5.78 Å². The fourth-order valence-electron chi connectivity index (χ4n) is 3.23. The van der Waals surface area contributed by atoms with E-state index in [1.54, 1.807) is 6.08 Å². The molecule has 0 amide bonds. The standard InChI is InChI=1S/C23H36O4/c1-5-6-17-23(2,3)21(25)16-14-18-13-15-20(24)19(18)11-9-7-8-10-12-22(26)27-4/h7,9,13-16,18-19,21,25H,5-6,8,10-12,17H2,1-4H3/b9-7-,16-14+/t18-,19-,21-/m1/s1. The summed E-state index contributed by atoms with van der Waals surface area (Å²) in [7, 11) is 1.40. The van der Waals surface area contributed by atoms with Crippen LogP contribution in [0.1, 0.15) is 65.7 Å². The van der Waals surface area contributed by atoms with Crippen molar-refractivity contribution >= 4 is 11.8 Å². The smallest absolute Gasteiger partial charge is 0.305 e. The number of hydrogen-bond donors (Lipinski definition) is 1. The first-order chi connectivity index (χ1) is 12.8. The van der Waals surface area contributed by atoms with Gasteiger partial charge < -0.3 is 9.84 Å². The van der Waals surface area contributed by atoms with Gasteiger partial charge in [-0.05, 0) is 37.2 Å². The topological polar surface area (TPSA) is 63.6 Å². The van der Waals surface area contributed by atoms with Gasteiger partial charge in [0.1, 0.15) is 0 Å². The maximum Gasteiger partial charge on any atom is 0.305 e. The van der Waals surface area contributed by atoms with E-state index in [0.717, 1.165) is 32.1 Å². The van der Waals surface area contributed by atoms with Crippen LogP contribution in [0.25, 0.3) is 0 Å². The molecule has 0 spiro atoms. The van der Waals surface area contributed by atoms with Crippen LogP contribution in [0.2, 0.25) is 0 Å². The lowest BCUT2D eigenvalue weighted by molar-refractivity contribution is -0.140. The van der Waals surface area contributed by atoms with Crippen LogP contribution < -0.4 is 0 Å². The minimum atomic E-state index is -0.511. The number of carbonyl (C=O) groups is 2. The SMILES string of the molecule is CCCCC(C)(C)[C@H](O)/C=C/[C@H]1C=CC(=O)[C@@H]1C/C=C\CCCC(=O)OC. The van der Waals surface area contributed by atoms with Gasteiger partial charge in [0.25, 0.3) is 0 Å². The second-order valence-electron chi connectivity index (χ2n) is 8.04. The Morgan fingerprint density at radius 2 is 2.07 bits per heavy atom. The van der Waals surface area contributed by atoms with Crippen molar-refractivity contribution in [3.05, 3.63) is 36.5 Å². The highest BCUT2D eigenvalue weighted by Gasteiger charge is 2.29. The van der Waals surface area contributed by atoms with Crippen LogP contribution in [-0.2, 0) is 14.3 Å². The fraction of sp³-hybridized carbons (Fsp3) is 0.652. The molecule has 152 valence electrons. The minimum absolute atomic E-state index is 0.0360. The molecule has 1 aliphatic rings. The third kappa shape index (κ3) is 8.25. The third-order valence-electron chi connectivity index (χ3n) is 5.34. The number of ketones is 1. The van der Waals surface area contributed by atoms with E-state index in [9.17, 15) is 14.7 Å². The van der Waals surface area contributed by atoms with E-state index in [-0.39, 0.29) is 29.0 Å². The number of methoxy groups -OCH3 is 1. The van der Waals surface area contributed by atoms with Gasteiger partial charge >= 0.3 is 5.97 Å². The molecular formula is C23H36O4. The van der Waals surface area contributed by atoms with Crippen LogP contribution in [0.3, 0.4) is 0 Å².